The molecular weight excluding hydrogens is 162 g/mol. The second-order valence-electron chi connectivity index (χ2n) is 4.31. The molecule has 2 nitrogen and oxygen atoms in total. The Morgan fingerprint density at radius 3 is 2.31 bits per heavy atom. The van der Waals surface area contributed by atoms with Gasteiger partial charge in [0.05, 0.1) is 5.60 Å². The van der Waals surface area contributed by atoms with Gasteiger partial charge in [0.2, 0.25) is 0 Å². The zero-order valence-electron chi connectivity index (χ0n) is 8.92. The Hall–Kier alpha value is -0.0800. The number of aliphatic hydroxyl groups is 1. The van der Waals surface area contributed by atoms with E-state index in [9.17, 15) is 5.11 Å². The highest BCUT2D eigenvalue weighted by molar-refractivity contribution is 4.95. The van der Waals surface area contributed by atoms with Crippen molar-refractivity contribution in [2.24, 2.45) is 17.6 Å². The molecule has 2 unspecified atom stereocenters. The minimum Gasteiger partial charge on any atom is -0.389 e. The van der Waals surface area contributed by atoms with Crippen LogP contribution in [-0.4, -0.2) is 17.3 Å². The van der Waals surface area contributed by atoms with Crippen LogP contribution in [0.4, 0.5) is 0 Å². The molecule has 1 fully saturated rings. The molecule has 0 spiro atoms. The molecule has 2 atom stereocenters. The van der Waals surface area contributed by atoms with Gasteiger partial charge in [-0.2, -0.15) is 0 Å². The van der Waals surface area contributed by atoms with Crippen molar-refractivity contribution in [2.75, 3.05) is 6.54 Å². The van der Waals surface area contributed by atoms with E-state index >= 15 is 0 Å². The van der Waals surface area contributed by atoms with E-state index in [1.165, 1.54) is 19.3 Å². The lowest BCUT2D eigenvalue weighted by Gasteiger charge is -2.45. The third kappa shape index (κ3) is 1.89. The van der Waals surface area contributed by atoms with Gasteiger partial charge in [0.15, 0.2) is 0 Å². The summed E-state index contributed by atoms with van der Waals surface area (Å²) in [7, 11) is 0. The second kappa shape index (κ2) is 4.43. The molecule has 0 bridgehead atoms. The van der Waals surface area contributed by atoms with Gasteiger partial charge in [0, 0.05) is 0 Å². The lowest BCUT2D eigenvalue weighted by Crippen LogP contribution is -2.49. The van der Waals surface area contributed by atoms with Gasteiger partial charge in [-0.05, 0) is 44.1 Å². The third-order valence-corrected chi connectivity index (χ3v) is 3.86. The number of hydrogen-bond donors (Lipinski definition) is 2. The van der Waals surface area contributed by atoms with Crippen molar-refractivity contribution < 1.29 is 5.11 Å². The summed E-state index contributed by atoms with van der Waals surface area (Å²) in [6.45, 7) is 4.82. The Morgan fingerprint density at radius 1 is 1.46 bits per heavy atom. The molecule has 2 heteroatoms. The molecule has 0 aromatic rings. The molecule has 1 aliphatic carbocycles. The Bertz CT molecular complexity index is 152. The van der Waals surface area contributed by atoms with Crippen LogP contribution in [0.5, 0.6) is 0 Å². The minimum absolute atomic E-state index is 0.294. The van der Waals surface area contributed by atoms with Crippen molar-refractivity contribution >= 4 is 0 Å². The molecule has 0 aromatic carbocycles. The quantitative estimate of drug-likeness (QED) is 0.687. The molecule has 1 rings (SSSR count). The molecule has 13 heavy (non-hydrogen) atoms. The molecule has 0 radical (unpaired) electrons. The van der Waals surface area contributed by atoms with Crippen LogP contribution in [0, 0.1) is 11.8 Å². The summed E-state index contributed by atoms with van der Waals surface area (Å²) in [4.78, 5) is 0. The van der Waals surface area contributed by atoms with Gasteiger partial charge < -0.3 is 10.8 Å². The van der Waals surface area contributed by atoms with Crippen LogP contribution in [0.1, 0.15) is 46.0 Å². The van der Waals surface area contributed by atoms with Crippen molar-refractivity contribution in [3.63, 3.8) is 0 Å². The van der Waals surface area contributed by atoms with E-state index in [-0.39, 0.29) is 0 Å². The summed E-state index contributed by atoms with van der Waals surface area (Å²) >= 11 is 0. The summed E-state index contributed by atoms with van der Waals surface area (Å²) < 4.78 is 0. The Kier molecular flexibility index (Phi) is 3.74. The smallest absolute Gasteiger partial charge is 0.0713 e. The lowest BCUT2D eigenvalue weighted by atomic mass is 9.65. The lowest BCUT2D eigenvalue weighted by molar-refractivity contribution is -0.0970. The first-order valence-electron chi connectivity index (χ1n) is 5.61. The summed E-state index contributed by atoms with van der Waals surface area (Å²) in [5.74, 6) is 0.814. The van der Waals surface area contributed by atoms with E-state index in [0.29, 0.717) is 18.4 Å². The zero-order chi connectivity index (χ0) is 9.90. The summed E-state index contributed by atoms with van der Waals surface area (Å²) in [5, 5.41) is 10.5. The molecule has 78 valence electrons. The van der Waals surface area contributed by atoms with Crippen molar-refractivity contribution in [2.45, 2.75) is 51.6 Å². The highest BCUT2D eigenvalue weighted by Crippen LogP contribution is 2.42. The molecule has 0 aliphatic heterocycles. The van der Waals surface area contributed by atoms with Gasteiger partial charge in [-0.3, -0.25) is 0 Å². The van der Waals surface area contributed by atoms with Crippen LogP contribution in [-0.2, 0) is 0 Å². The van der Waals surface area contributed by atoms with Crippen molar-refractivity contribution in [1.29, 1.82) is 0 Å². The molecule has 0 amide bonds. The molecule has 0 aromatic heterocycles. The number of rotatable bonds is 5. The average Bonchev–Trinajstić information content (AvgIpc) is 2.03. The summed E-state index contributed by atoms with van der Waals surface area (Å²) in [6.07, 6.45) is 5.53. The molecule has 1 aliphatic rings. The highest BCUT2D eigenvalue weighted by atomic mass is 16.3. The average molecular weight is 185 g/mol. The van der Waals surface area contributed by atoms with E-state index in [2.05, 4.69) is 13.8 Å². The van der Waals surface area contributed by atoms with Crippen LogP contribution in [0.2, 0.25) is 0 Å². The van der Waals surface area contributed by atoms with Crippen LogP contribution < -0.4 is 5.73 Å². The van der Waals surface area contributed by atoms with E-state index < -0.39 is 5.60 Å². The summed E-state index contributed by atoms with van der Waals surface area (Å²) in [6, 6.07) is 0. The van der Waals surface area contributed by atoms with Gasteiger partial charge in [-0.15, -0.1) is 0 Å². The fourth-order valence-electron chi connectivity index (χ4n) is 2.54. The topological polar surface area (TPSA) is 46.2 Å². The maximum absolute atomic E-state index is 10.5. The first-order chi connectivity index (χ1) is 6.19. The van der Waals surface area contributed by atoms with Crippen LogP contribution in [0.25, 0.3) is 0 Å². The minimum atomic E-state index is -0.470. The Balaban J connectivity index is 2.64. The van der Waals surface area contributed by atoms with Gasteiger partial charge in [0.25, 0.3) is 0 Å². The molecule has 1 saturated carbocycles. The van der Waals surface area contributed by atoms with Crippen LogP contribution in [0.3, 0.4) is 0 Å². The molecule has 3 N–H and O–H groups in total. The maximum Gasteiger partial charge on any atom is 0.0713 e. The number of hydrogen-bond acceptors (Lipinski definition) is 2. The largest absolute Gasteiger partial charge is 0.389 e. The van der Waals surface area contributed by atoms with Gasteiger partial charge in [-0.1, -0.05) is 20.3 Å². The predicted molar refractivity (Wildman–Crippen MR) is 55.4 cm³/mol. The van der Waals surface area contributed by atoms with Gasteiger partial charge >= 0.3 is 0 Å². The summed E-state index contributed by atoms with van der Waals surface area (Å²) in [5.41, 5.74) is 5.23. The maximum atomic E-state index is 10.5. The fourth-order valence-corrected chi connectivity index (χ4v) is 2.54. The van der Waals surface area contributed by atoms with Crippen molar-refractivity contribution in [3.8, 4) is 0 Å². The third-order valence-electron chi connectivity index (χ3n) is 3.86. The standard InChI is InChI=1S/C11H23NO/c1-3-9(8-12)11(13,4-2)10-6-5-7-10/h9-10,13H,3-8,12H2,1-2H3. The van der Waals surface area contributed by atoms with E-state index in [0.717, 1.165) is 12.8 Å². The first-order valence-corrected chi connectivity index (χ1v) is 5.61. The van der Waals surface area contributed by atoms with Crippen LogP contribution >= 0.6 is 0 Å². The SMILES string of the molecule is CCC(CN)C(O)(CC)C1CCC1. The number of nitrogens with two attached hydrogens (primary N) is 1. The zero-order valence-corrected chi connectivity index (χ0v) is 8.92. The van der Waals surface area contributed by atoms with Gasteiger partial charge in [-0.25, -0.2) is 0 Å². The molecular formula is C11H23NO. The highest BCUT2D eigenvalue weighted by Gasteiger charge is 2.43. The van der Waals surface area contributed by atoms with Crippen LogP contribution in [0.15, 0.2) is 0 Å². The van der Waals surface area contributed by atoms with E-state index in [1.807, 2.05) is 0 Å². The van der Waals surface area contributed by atoms with E-state index in [1.54, 1.807) is 0 Å². The van der Waals surface area contributed by atoms with Gasteiger partial charge in [0.1, 0.15) is 0 Å². The normalized spacial score (nSPS) is 24.9. The Labute approximate surface area is 81.5 Å². The molecule has 0 heterocycles. The van der Waals surface area contributed by atoms with Crippen molar-refractivity contribution in [3.05, 3.63) is 0 Å². The molecule has 0 saturated heterocycles. The first kappa shape index (κ1) is 11.0. The van der Waals surface area contributed by atoms with Crippen molar-refractivity contribution in [1.82, 2.24) is 0 Å². The fraction of sp³-hybridized carbons (Fsp3) is 1.00. The van der Waals surface area contributed by atoms with E-state index in [4.69, 9.17) is 5.73 Å². The monoisotopic (exact) mass is 185 g/mol. The Morgan fingerprint density at radius 2 is 2.08 bits per heavy atom. The predicted octanol–water partition coefficient (Wildman–Crippen LogP) is 1.91. The second-order valence-corrected chi connectivity index (χ2v) is 4.31.